The van der Waals surface area contributed by atoms with E-state index in [1.165, 1.54) is 26.4 Å². The summed E-state index contributed by atoms with van der Waals surface area (Å²) in [7, 11) is 2.67. The zero-order chi connectivity index (χ0) is 23.5. The van der Waals surface area contributed by atoms with Crippen molar-refractivity contribution < 1.29 is 33.4 Å². The van der Waals surface area contributed by atoms with Crippen molar-refractivity contribution in [1.82, 2.24) is 5.32 Å². The minimum atomic E-state index is -0.613. The Morgan fingerprint density at radius 3 is 2.50 bits per heavy atom. The van der Waals surface area contributed by atoms with E-state index >= 15 is 0 Å². The Hall–Kier alpha value is -4.34. The molecule has 0 saturated carbocycles. The lowest BCUT2D eigenvalue weighted by Crippen LogP contribution is -2.30. The predicted octanol–water partition coefficient (Wildman–Crippen LogP) is 1.11. The highest BCUT2D eigenvalue weighted by atomic mass is 16.5. The van der Waals surface area contributed by atoms with Crippen LogP contribution in [0, 0.1) is 0 Å². The van der Waals surface area contributed by atoms with Crippen molar-refractivity contribution in [3.05, 3.63) is 59.7 Å². The first-order chi connectivity index (χ1) is 15.3. The fraction of sp³-hybridized carbons (Fsp3) is 0.182. The summed E-state index contributed by atoms with van der Waals surface area (Å²) in [6.07, 6.45) is 2.87. The van der Waals surface area contributed by atoms with E-state index in [-0.39, 0.29) is 18.7 Å². The zero-order valence-corrected chi connectivity index (χ0v) is 17.5. The summed E-state index contributed by atoms with van der Waals surface area (Å²) < 4.78 is 14.9. The largest absolute Gasteiger partial charge is 0.493 e. The fourth-order valence-electron chi connectivity index (χ4n) is 2.48. The molecule has 0 heterocycles. The van der Waals surface area contributed by atoms with Gasteiger partial charge in [-0.25, -0.2) is 0 Å². The molecule has 0 aliphatic carbocycles. The molecule has 0 fully saturated rings. The molecule has 0 radical (unpaired) electrons. The number of amides is 3. The second-order valence-corrected chi connectivity index (χ2v) is 6.33. The van der Waals surface area contributed by atoms with Crippen molar-refractivity contribution in [2.45, 2.75) is 0 Å². The molecule has 0 bridgehead atoms. The van der Waals surface area contributed by atoms with Crippen LogP contribution in [-0.4, -0.2) is 51.1 Å². The number of nitrogens with one attached hydrogen (secondary N) is 2. The number of anilines is 1. The predicted molar refractivity (Wildman–Crippen MR) is 116 cm³/mol. The van der Waals surface area contributed by atoms with E-state index < -0.39 is 23.7 Å². The number of carbonyl (C=O) groups excluding carboxylic acids is 4. The molecule has 0 aliphatic rings. The monoisotopic (exact) mass is 441 g/mol. The second kappa shape index (κ2) is 11.7. The molecule has 10 nitrogen and oxygen atoms in total. The van der Waals surface area contributed by atoms with Crippen LogP contribution >= 0.6 is 0 Å². The molecule has 10 heteroatoms. The van der Waals surface area contributed by atoms with Gasteiger partial charge in [-0.2, -0.15) is 0 Å². The van der Waals surface area contributed by atoms with Gasteiger partial charge in [0.05, 0.1) is 14.2 Å². The van der Waals surface area contributed by atoms with Gasteiger partial charge in [0.1, 0.15) is 6.54 Å². The van der Waals surface area contributed by atoms with Crippen LogP contribution in [0.5, 0.6) is 11.5 Å². The molecule has 0 aliphatic heterocycles. The molecule has 0 atom stereocenters. The number of methoxy groups -OCH3 is 2. The van der Waals surface area contributed by atoms with Crippen LogP contribution in [0.15, 0.2) is 48.5 Å². The van der Waals surface area contributed by atoms with Crippen LogP contribution < -0.4 is 25.8 Å². The summed E-state index contributed by atoms with van der Waals surface area (Å²) in [6, 6.07) is 11.1. The Bertz CT molecular complexity index is 1030. The third-order valence-electron chi connectivity index (χ3n) is 4.00. The first-order valence-electron chi connectivity index (χ1n) is 9.35. The summed E-state index contributed by atoms with van der Waals surface area (Å²) in [5.74, 6) is -1.37. The standard InChI is InChI=1S/C22H23N3O7/c1-30-18-10-14(6-8-17(18)32-13-19(23)26)7-9-20(27)25-16-5-3-4-15(11-16)22(29)24-12-21(28)31-2/h3-11H,12-13H2,1-2H3,(H2,23,26)(H,24,29)(H,25,27). The maximum Gasteiger partial charge on any atom is 0.325 e. The van der Waals surface area contributed by atoms with Crippen LogP contribution in [0.4, 0.5) is 5.69 Å². The zero-order valence-electron chi connectivity index (χ0n) is 17.5. The Morgan fingerprint density at radius 1 is 1.03 bits per heavy atom. The highest BCUT2D eigenvalue weighted by molar-refractivity contribution is 6.03. The van der Waals surface area contributed by atoms with Gasteiger partial charge in [-0.1, -0.05) is 12.1 Å². The van der Waals surface area contributed by atoms with Gasteiger partial charge in [0.15, 0.2) is 18.1 Å². The van der Waals surface area contributed by atoms with Crippen molar-refractivity contribution in [3.63, 3.8) is 0 Å². The van der Waals surface area contributed by atoms with Crippen molar-refractivity contribution >= 4 is 35.5 Å². The summed E-state index contributed by atoms with van der Waals surface area (Å²) in [4.78, 5) is 46.3. The molecule has 0 saturated heterocycles. The van der Waals surface area contributed by atoms with Crippen LogP contribution in [-0.2, 0) is 19.1 Å². The number of primary amides is 1. The topological polar surface area (TPSA) is 146 Å². The van der Waals surface area contributed by atoms with Gasteiger partial charge >= 0.3 is 5.97 Å². The van der Waals surface area contributed by atoms with Crippen LogP contribution in [0.1, 0.15) is 15.9 Å². The van der Waals surface area contributed by atoms with Crippen molar-refractivity contribution in [2.75, 3.05) is 32.7 Å². The molecule has 3 amide bonds. The SMILES string of the molecule is COC(=O)CNC(=O)c1cccc(NC(=O)C=Cc2ccc(OCC(N)=O)c(OC)c2)c1. The first kappa shape index (κ1) is 23.9. The molecule has 4 N–H and O–H groups in total. The van der Waals surface area contributed by atoms with E-state index in [2.05, 4.69) is 15.4 Å². The van der Waals surface area contributed by atoms with E-state index in [1.54, 1.807) is 42.5 Å². The molecule has 0 spiro atoms. The lowest BCUT2D eigenvalue weighted by molar-refractivity contribution is -0.139. The maximum absolute atomic E-state index is 12.3. The minimum absolute atomic E-state index is 0.259. The van der Waals surface area contributed by atoms with Crippen LogP contribution in [0.3, 0.4) is 0 Å². The summed E-state index contributed by atoms with van der Waals surface area (Å²) >= 11 is 0. The van der Waals surface area contributed by atoms with Crippen molar-refractivity contribution in [3.8, 4) is 11.5 Å². The Balaban J connectivity index is 2.00. The summed E-state index contributed by atoms with van der Waals surface area (Å²) in [5, 5.41) is 5.07. The average molecular weight is 441 g/mol. The summed E-state index contributed by atoms with van der Waals surface area (Å²) in [5.41, 5.74) is 6.39. The molecule has 168 valence electrons. The molecular formula is C22H23N3O7. The minimum Gasteiger partial charge on any atom is -0.493 e. The molecule has 0 unspecified atom stereocenters. The number of nitrogens with two attached hydrogens (primary N) is 1. The molecule has 2 rings (SSSR count). The Labute approximate surface area is 184 Å². The normalized spacial score (nSPS) is 10.3. The van der Waals surface area contributed by atoms with Gasteiger partial charge in [0, 0.05) is 17.3 Å². The van der Waals surface area contributed by atoms with Gasteiger partial charge in [0.25, 0.3) is 11.8 Å². The quantitative estimate of drug-likeness (QED) is 0.370. The van der Waals surface area contributed by atoms with Gasteiger partial charge in [-0.3, -0.25) is 19.2 Å². The van der Waals surface area contributed by atoms with Crippen LogP contribution in [0.2, 0.25) is 0 Å². The molecule has 32 heavy (non-hydrogen) atoms. The summed E-state index contributed by atoms with van der Waals surface area (Å²) in [6.45, 7) is -0.543. The third kappa shape index (κ3) is 7.48. The number of hydrogen-bond acceptors (Lipinski definition) is 7. The van der Waals surface area contributed by atoms with Gasteiger partial charge in [-0.05, 0) is 42.0 Å². The van der Waals surface area contributed by atoms with E-state index in [0.717, 1.165) is 0 Å². The van der Waals surface area contributed by atoms with Gasteiger partial charge < -0.3 is 30.6 Å². The Morgan fingerprint density at radius 2 is 1.81 bits per heavy atom. The average Bonchev–Trinajstić information content (AvgIpc) is 2.79. The highest BCUT2D eigenvalue weighted by Gasteiger charge is 2.10. The third-order valence-corrected chi connectivity index (χ3v) is 4.00. The number of esters is 1. The molecular weight excluding hydrogens is 418 g/mol. The van der Waals surface area contributed by atoms with Crippen molar-refractivity contribution in [1.29, 1.82) is 0 Å². The van der Waals surface area contributed by atoms with E-state index in [9.17, 15) is 19.2 Å². The number of rotatable bonds is 10. The number of ether oxygens (including phenoxy) is 3. The maximum atomic E-state index is 12.3. The van der Waals surface area contributed by atoms with E-state index in [0.29, 0.717) is 22.7 Å². The fourth-order valence-corrected chi connectivity index (χ4v) is 2.48. The second-order valence-electron chi connectivity index (χ2n) is 6.33. The van der Waals surface area contributed by atoms with E-state index in [4.69, 9.17) is 15.2 Å². The molecule has 2 aromatic carbocycles. The van der Waals surface area contributed by atoms with E-state index in [1.807, 2.05) is 0 Å². The Kier molecular flexibility index (Phi) is 8.78. The van der Waals surface area contributed by atoms with Crippen LogP contribution in [0.25, 0.3) is 6.08 Å². The van der Waals surface area contributed by atoms with Crippen molar-refractivity contribution in [2.24, 2.45) is 5.73 Å². The smallest absolute Gasteiger partial charge is 0.325 e. The lowest BCUT2D eigenvalue weighted by Gasteiger charge is -2.10. The number of carbonyl (C=O) groups is 4. The number of hydrogen-bond donors (Lipinski definition) is 3. The lowest BCUT2D eigenvalue weighted by atomic mass is 10.1. The first-order valence-corrected chi connectivity index (χ1v) is 9.35. The molecule has 2 aromatic rings. The highest BCUT2D eigenvalue weighted by Crippen LogP contribution is 2.28. The number of benzene rings is 2. The molecule has 0 aromatic heterocycles. The van der Waals surface area contributed by atoms with Gasteiger partial charge in [0.2, 0.25) is 5.91 Å². The van der Waals surface area contributed by atoms with Gasteiger partial charge in [-0.15, -0.1) is 0 Å².